The lowest BCUT2D eigenvalue weighted by Gasteiger charge is -2.32. The third kappa shape index (κ3) is 6.17. The fourth-order valence-corrected chi connectivity index (χ4v) is 8.96. The molecule has 3 heterocycles. The van der Waals surface area contributed by atoms with Crippen LogP contribution in [0.5, 0.6) is 0 Å². The molecule has 0 saturated heterocycles. The van der Waals surface area contributed by atoms with Gasteiger partial charge in [0.25, 0.3) is 0 Å². The van der Waals surface area contributed by atoms with Crippen LogP contribution in [0.25, 0.3) is 50.5 Å². The summed E-state index contributed by atoms with van der Waals surface area (Å²) in [4.78, 5) is 10.7. The molecular weight excluding hydrogens is 707 g/mol. The van der Waals surface area contributed by atoms with Gasteiger partial charge >= 0.3 is 0 Å². The van der Waals surface area contributed by atoms with Crippen molar-refractivity contribution in [3.63, 3.8) is 0 Å². The Hall–Kier alpha value is -7.08. The van der Waals surface area contributed by atoms with Crippen molar-refractivity contribution in [2.45, 2.75) is 31.2 Å². The van der Waals surface area contributed by atoms with Crippen LogP contribution >= 0.6 is 0 Å². The highest BCUT2D eigenvalue weighted by atomic mass is 15.3. The smallest absolute Gasteiger partial charge is 0.131 e. The topological polar surface area (TPSA) is 61.3 Å². The highest BCUT2D eigenvalue weighted by molar-refractivity contribution is 6.01. The van der Waals surface area contributed by atoms with E-state index >= 15 is 0 Å². The van der Waals surface area contributed by atoms with Crippen molar-refractivity contribution in [1.82, 2.24) is 20.9 Å². The average Bonchev–Trinajstić information content (AvgIpc) is 3.31. The maximum Gasteiger partial charge on any atom is 0.131 e. The summed E-state index contributed by atoms with van der Waals surface area (Å²) >= 11 is 0. The molecule has 3 N–H and O–H groups in total. The quantitative estimate of drug-likeness (QED) is 0.159. The third-order valence-electron chi connectivity index (χ3n) is 11.8. The predicted molar refractivity (Wildman–Crippen MR) is 238 cm³/mol. The first-order valence-electron chi connectivity index (χ1n) is 20.2. The first kappa shape index (κ1) is 34.2. The standard InChI is InChI=1S/C53H41N5/c1-2-14-34(15-3-1)35-28-30-36(31-29-35)51-56-52(39-18-12-16-37(32-39)49-45-24-6-4-20-41(45)43-22-8-10-26-47(43)54-49)58-53(57-51)40-19-13-17-38(33-40)50-46-25-7-5-21-42(46)44-23-9-11-27-48(44)55-50/h1-8,10-22,24-33,47,51,53-54,57H,9,23H2,(H,56,58). The molecule has 2 aliphatic carbocycles. The molecule has 58 heavy (non-hydrogen) atoms. The Bertz CT molecular complexity index is 2990. The lowest BCUT2D eigenvalue weighted by atomic mass is 9.92. The second kappa shape index (κ2) is 14.5. The molecule has 3 unspecified atom stereocenters. The minimum atomic E-state index is -0.319. The molecule has 0 bridgehead atoms. The second-order valence-electron chi connectivity index (χ2n) is 15.4. The minimum absolute atomic E-state index is 0.116. The molecule has 7 aromatic rings. The lowest BCUT2D eigenvalue weighted by Crippen LogP contribution is -2.46. The van der Waals surface area contributed by atoms with E-state index in [1.54, 1.807) is 0 Å². The first-order valence-corrected chi connectivity index (χ1v) is 20.2. The molecule has 1 aromatic heterocycles. The second-order valence-corrected chi connectivity index (χ2v) is 15.4. The van der Waals surface area contributed by atoms with Crippen molar-refractivity contribution in [3.05, 3.63) is 226 Å². The van der Waals surface area contributed by atoms with Crippen LogP contribution in [0, 0.1) is 0 Å². The van der Waals surface area contributed by atoms with Crippen molar-refractivity contribution in [2.24, 2.45) is 4.99 Å². The van der Waals surface area contributed by atoms with Gasteiger partial charge in [-0.1, -0.05) is 170 Å². The largest absolute Gasteiger partial charge is 0.374 e. The van der Waals surface area contributed by atoms with E-state index in [1.807, 2.05) is 0 Å². The molecule has 2 aliphatic heterocycles. The maximum atomic E-state index is 5.44. The van der Waals surface area contributed by atoms with Gasteiger partial charge in [-0.3, -0.25) is 5.32 Å². The molecule has 3 atom stereocenters. The number of amidine groups is 1. The zero-order chi connectivity index (χ0) is 38.4. The first-order chi connectivity index (χ1) is 28.7. The average molecular weight is 748 g/mol. The van der Waals surface area contributed by atoms with E-state index in [4.69, 9.17) is 9.98 Å². The monoisotopic (exact) mass is 747 g/mol. The Labute approximate surface area is 338 Å². The molecule has 6 aromatic carbocycles. The molecule has 0 fully saturated rings. The Morgan fingerprint density at radius 1 is 0.552 bits per heavy atom. The number of benzene rings is 6. The Morgan fingerprint density at radius 3 is 2.19 bits per heavy atom. The number of fused-ring (bicyclic) bond motifs is 5. The Balaban J connectivity index is 1.01. The number of aliphatic imine (C=N–C) groups is 1. The summed E-state index contributed by atoms with van der Waals surface area (Å²) < 4.78 is 0. The van der Waals surface area contributed by atoms with Crippen LogP contribution in [0.3, 0.4) is 0 Å². The van der Waals surface area contributed by atoms with Gasteiger partial charge in [-0.15, -0.1) is 0 Å². The van der Waals surface area contributed by atoms with Gasteiger partial charge < -0.3 is 10.6 Å². The number of hydrogen-bond donors (Lipinski definition) is 3. The maximum absolute atomic E-state index is 5.44. The Kier molecular flexibility index (Phi) is 8.52. The van der Waals surface area contributed by atoms with Crippen molar-refractivity contribution in [2.75, 3.05) is 0 Å². The lowest BCUT2D eigenvalue weighted by molar-refractivity contribution is 0.409. The Morgan fingerprint density at radius 2 is 1.29 bits per heavy atom. The highest BCUT2D eigenvalue weighted by Crippen LogP contribution is 2.36. The van der Waals surface area contributed by atoms with E-state index in [0.29, 0.717) is 0 Å². The van der Waals surface area contributed by atoms with Crippen LogP contribution in [-0.2, 0) is 6.42 Å². The molecule has 5 nitrogen and oxygen atoms in total. The number of nitrogens with one attached hydrogen (secondary N) is 3. The number of pyridine rings is 1. The molecule has 11 rings (SSSR count). The van der Waals surface area contributed by atoms with Crippen molar-refractivity contribution in [3.8, 4) is 22.4 Å². The van der Waals surface area contributed by atoms with Gasteiger partial charge in [0, 0.05) is 21.7 Å². The molecule has 0 amide bonds. The van der Waals surface area contributed by atoms with Gasteiger partial charge in [-0.05, 0) is 80.6 Å². The summed E-state index contributed by atoms with van der Waals surface area (Å²) in [6.45, 7) is 0. The summed E-state index contributed by atoms with van der Waals surface area (Å²) in [5.74, 6) is 0.841. The summed E-state index contributed by atoms with van der Waals surface area (Å²) in [6.07, 6.45) is 14.7. The number of aromatic nitrogens is 1. The van der Waals surface area contributed by atoms with Gasteiger partial charge in [0.05, 0.1) is 23.1 Å². The molecule has 4 aliphatic rings. The zero-order valence-corrected chi connectivity index (χ0v) is 31.9. The third-order valence-corrected chi connectivity index (χ3v) is 11.8. The van der Waals surface area contributed by atoms with E-state index in [-0.39, 0.29) is 18.4 Å². The minimum Gasteiger partial charge on any atom is -0.374 e. The van der Waals surface area contributed by atoms with Crippen molar-refractivity contribution in [1.29, 1.82) is 0 Å². The van der Waals surface area contributed by atoms with Crippen molar-refractivity contribution >= 4 is 34.0 Å². The number of nitrogens with zero attached hydrogens (tertiary/aromatic N) is 2. The van der Waals surface area contributed by atoms with Crippen LogP contribution in [0.15, 0.2) is 187 Å². The molecule has 278 valence electrons. The number of hydrogen-bond acceptors (Lipinski definition) is 5. The van der Waals surface area contributed by atoms with E-state index in [1.165, 1.54) is 43.5 Å². The van der Waals surface area contributed by atoms with Crippen LogP contribution in [0.4, 0.5) is 0 Å². The summed E-state index contributed by atoms with van der Waals surface area (Å²) in [5.41, 5.74) is 13.7. The van der Waals surface area contributed by atoms with Crippen molar-refractivity contribution < 1.29 is 0 Å². The summed E-state index contributed by atoms with van der Waals surface area (Å²) in [7, 11) is 0. The summed E-state index contributed by atoms with van der Waals surface area (Å²) in [6, 6.07) is 54.5. The molecular formula is C53H41N5. The van der Waals surface area contributed by atoms with Crippen LogP contribution in [0.1, 0.15) is 52.3 Å². The fourth-order valence-electron chi connectivity index (χ4n) is 8.96. The fraction of sp³-hybridized carbons (Fsp3) is 0.0943. The van der Waals surface area contributed by atoms with Gasteiger partial charge in [0.1, 0.15) is 18.2 Å². The van der Waals surface area contributed by atoms with Gasteiger partial charge in [-0.25, -0.2) is 9.98 Å². The number of rotatable bonds is 6. The number of aryl methyl sites for hydroxylation is 1. The molecule has 5 heteroatoms. The SMILES string of the molecule is C1=CC2=c3ccccc3=C(c3cccc(C4=NC(c5cccc(-c6nc7c(c8ccccc68)CCC=C7)c5)NC(c5ccc(-c6ccccc6)cc5)N4)c3)NC2C=C1. The van der Waals surface area contributed by atoms with Gasteiger partial charge in [0.15, 0.2) is 0 Å². The van der Waals surface area contributed by atoms with Crippen LogP contribution in [0.2, 0.25) is 0 Å². The normalized spacial score (nSPS) is 19.1. The van der Waals surface area contributed by atoms with Crippen LogP contribution < -0.4 is 26.4 Å². The van der Waals surface area contributed by atoms with E-state index < -0.39 is 0 Å². The number of allylic oxidation sites excluding steroid dienone is 3. The predicted octanol–water partition coefficient (Wildman–Crippen LogP) is 9.27. The highest BCUT2D eigenvalue weighted by Gasteiger charge is 2.27. The van der Waals surface area contributed by atoms with E-state index in [0.717, 1.165) is 63.6 Å². The van der Waals surface area contributed by atoms with Gasteiger partial charge in [0.2, 0.25) is 0 Å². The molecule has 0 radical (unpaired) electrons. The molecule has 0 saturated carbocycles. The van der Waals surface area contributed by atoms with Crippen LogP contribution in [-0.4, -0.2) is 16.9 Å². The zero-order valence-electron chi connectivity index (χ0n) is 31.9. The van der Waals surface area contributed by atoms with E-state index in [2.05, 4.69) is 204 Å². The van der Waals surface area contributed by atoms with Gasteiger partial charge in [-0.2, -0.15) is 0 Å². The summed E-state index contributed by atoms with van der Waals surface area (Å²) in [5, 5.41) is 16.5. The molecule has 0 spiro atoms. The van der Waals surface area contributed by atoms with E-state index in [9.17, 15) is 0 Å².